The molecule has 0 saturated carbocycles. The van der Waals surface area contributed by atoms with E-state index in [1.807, 2.05) is 13.8 Å². The van der Waals surface area contributed by atoms with Crippen LogP contribution in [0.3, 0.4) is 0 Å². The Kier molecular flexibility index (Phi) is 5.05. The van der Waals surface area contributed by atoms with E-state index < -0.39 is 15.9 Å². The topological polar surface area (TPSA) is 63.7 Å². The average Bonchev–Trinajstić information content (AvgIpc) is 2.49. The Balaban J connectivity index is 2.45. The van der Waals surface area contributed by atoms with Gasteiger partial charge in [0, 0.05) is 6.92 Å². The zero-order chi connectivity index (χ0) is 17.0. The molecule has 0 unspecified atom stereocenters. The van der Waals surface area contributed by atoms with E-state index in [-0.39, 0.29) is 10.6 Å². The Morgan fingerprint density at radius 3 is 2.09 bits per heavy atom. The van der Waals surface area contributed by atoms with Crippen molar-refractivity contribution in [1.82, 2.24) is 0 Å². The zero-order valence-electron chi connectivity index (χ0n) is 13.3. The van der Waals surface area contributed by atoms with Crippen LogP contribution in [0.1, 0.15) is 19.4 Å². The fourth-order valence-corrected chi connectivity index (χ4v) is 3.58. The average molecular weight is 333 g/mol. The molecule has 0 aliphatic carbocycles. The van der Waals surface area contributed by atoms with Gasteiger partial charge in [-0.3, -0.25) is 4.79 Å². The molecule has 2 aromatic rings. The molecule has 5 nitrogen and oxygen atoms in total. The maximum atomic E-state index is 12.8. The molecule has 0 aliphatic heterocycles. The second kappa shape index (κ2) is 6.83. The van der Waals surface area contributed by atoms with Gasteiger partial charge in [-0.05, 0) is 50.2 Å². The van der Waals surface area contributed by atoms with Gasteiger partial charge in [0.1, 0.15) is 5.75 Å². The second-order valence-corrected chi connectivity index (χ2v) is 6.82. The summed E-state index contributed by atoms with van der Waals surface area (Å²) >= 11 is 0. The summed E-state index contributed by atoms with van der Waals surface area (Å²) in [4.78, 5) is 12.0. The zero-order valence-corrected chi connectivity index (χ0v) is 14.1. The third-order valence-corrected chi connectivity index (χ3v) is 5.04. The van der Waals surface area contributed by atoms with E-state index in [4.69, 9.17) is 4.74 Å². The molecule has 0 spiro atoms. The van der Waals surface area contributed by atoms with Gasteiger partial charge in [0.05, 0.1) is 17.2 Å². The van der Waals surface area contributed by atoms with Gasteiger partial charge in [0.15, 0.2) is 0 Å². The van der Waals surface area contributed by atoms with E-state index in [0.717, 1.165) is 9.87 Å². The first kappa shape index (κ1) is 17.0. The number of ether oxygens (including phenoxy) is 1. The highest BCUT2D eigenvalue weighted by atomic mass is 32.2. The van der Waals surface area contributed by atoms with Crippen LogP contribution in [-0.2, 0) is 14.8 Å². The van der Waals surface area contributed by atoms with E-state index in [1.54, 1.807) is 36.4 Å². The van der Waals surface area contributed by atoms with Crippen molar-refractivity contribution >= 4 is 21.6 Å². The number of hydrogen-bond acceptors (Lipinski definition) is 4. The van der Waals surface area contributed by atoms with Crippen LogP contribution in [0.4, 0.5) is 5.69 Å². The Morgan fingerprint density at radius 1 is 1.04 bits per heavy atom. The van der Waals surface area contributed by atoms with Gasteiger partial charge >= 0.3 is 0 Å². The van der Waals surface area contributed by atoms with Crippen molar-refractivity contribution in [3.63, 3.8) is 0 Å². The lowest BCUT2D eigenvalue weighted by atomic mass is 10.2. The van der Waals surface area contributed by atoms with E-state index in [0.29, 0.717) is 12.4 Å². The van der Waals surface area contributed by atoms with Gasteiger partial charge in [0.2, 0.25) is 5.91 Å². The molecule has 0 aromatic heterocycles. The lowest BCUT2D eigenvalue weighted by Gasteiger charge is -2.21. The number of benzene rings is 2. The smallest absolute Gasteiger partial charge is 0.270 e. The molecule has 0 N–H and O–H groups in total. The molecular formula is C17H19NO4S. The first-order chi connectivity index (χ1) is 10.9. The monoisotopic (exact) mass is 333 g/mol. The van der Waals surface area contributed by atoms with Crippen molar-refractivity contribution in [2.45, 2.75) is 25.7 Å². The SMILES string of the molecule is CCOc1ccc(N(C(C)=O)S(=O)(=O)c2ccc(C)cc2)cc1. The highest BCUT2D eigenvalue weighted by Crippen LogP contribution is 2.26. The molecule has 1 amide bonds. The van der Waals surface area contributed by atoms with Crippen LogP contribution in [0.25, 0.3) is 0 Å². The van der Waals surface area contributed by atoms with Crippen LogP contribution in [0.15, 0.2) is 53.4 Å². The highest BCUT2D eigenvalue weighted by molar-refractivity contribution is 7.93. The quantitative estimate of drug-likeness (QED) is 0.843. The summed E-state index contributed by atoms with van der Waals surface area (Å²) in [7, 11) is -3.95. The summed E-state index contributed by atoms with van der Waals surface area (Å²) in [5.74, 6) is 0.0437. The van der Waals surface area contributed by atoms with Crippen molar-refractivity contribution in [3.05, 3.63) is 54.1 Å². The summed E-state index contributed by atoms with van der Waals surface area (Å²) in [6, 6.07) is 12.8. The summed E-state index contributed by atoms with van der Waals surface area (Å²) in [5.41, 5.74) is 1.22. The Hall–Kier alpha value is -2.34. The van der Waals surface area contributed by atoms with Crippen LogP contribution < -0.4 is 9.04 Å². The standard InChI is InChI=1S/C17H19NO4S/c1-4-22-16-9-7-15(8-10-16)18(14(3)19)23(20,21)17-11-5-13(2)6-12-17/h5-12H,4H2,1-3H3. The molecule has 0 heterocycles. The Labute approximate surface area is 136 Å². The minimum Gasteiger partial charge on any atom is -0.494 e. The first-order valence-electron chi connectivity index (χ1n) is 7.21. The molecule has 23 heavy (non-hydrogen) atoms. The van der Waals surface area contributed by atoms with Crippen molar-refractivity contribution in [1.29, 1.82) is 0 Å². The van der Waals surface area contributed by atoms with E-state index in [2.05, 4.69) is 0 Å². The van der Waals surface area contributed by atoms with Crippen LogP contribution in [0, 0.1) is 6.92 Å². The maximum Gasteiger partial charge on any atom is 0.270 e. The summed E-state index contributed by atoms with van der Waals surface area (Å²) < 4.78 is 31.7. The van der Waals surface area contributed by atoms with Crippen molar-refractivity contribution in [3.8, 4) is 5.75 Å². The lowest BCUT2D eigenvalue weighted by Crippen LogP contribution is -2.35. The third kappa shape index (κ3) is 3.71. The van der Waals surface area contributed by atoms with Gasteiger partial charge in [-0.15, -0.1) is 0 Å². The molecule has 2 aromatic carbocycles. The predicted octanol–water partition coefficient (Wildman–Crippen LogP) is 3.14. The normalized spacial score (nSPS) is 11.1. The lowest BCUT2D eigenvalue weighted by molar-refractivity contribution is -0.115. The van der Waals surface area contributed by atoms with Gasteiger partial charge < -0.3 is 4.74 Å². The number of carbonyl (C=O) groups excluding carboxylic acids is 1. The van der Waals surface area contributed by atoms with Crippen LogP contribution in [0.5, 0.6) is 5.75 Å². The fraction of sp³-hybridized carbons (Fsp3) is 0.235. The molecule has 0 fully saturated rings. The summed E-state index contributed by atoms with van der Waals surface area (Å²) in [6.07, 6.45) is 0. The largest absolute Gasteiger partial charge is 0.494 e. The maximum absolute atomic E-state index is 12.8. The second-order valence-electron chi connectivity index (χ2n) is 5.03. The molecule has 0 saturated heterocycles. The van der Waals surface area contributed by atoms with E-state index in [1.165, 1.54) is 19.1 Å². The molecule has 0 aliphatic rings. The van der Waals surface area contributed by atoms with E-state index in [9.17, 15) is 13.2 Å². The van der Waals surface area contributed by atoms with Gasteiger partial charge in [0.25, 0.3) is 10.0 Å². The van der Waals surface area contributed by atoms with Gasteiger partial charge in [-0.1, -0.05) is 17.7 Å². The van der Waals surface area contributed by atoms with Crippen molar-refractivity contribution < 1.29 is 17.9 Å². The minimum absolute atomic E-state index is 0.0761. The van der Waals surface area contributed by atoms with Crippen molar-refractivity contribution in [2.75, 3.05) is 10.9 Å². The number of carbonyl (C=O) groups is 1. The minimum atomic E-state index is -3.95. The molecule has 6 heteroatoms. The number of nitrogens with zero attached hydrogens (tertiary/aromatic N) is 1. The molecule has 0 bridgehead atoms. The number of rotatable bonds is 5. The number of aryl methyl sites for hydroxylation is 1. The predicted molar refractivity (Wildman–Crippen MR) is 89.1 cm³/mol. The van der Waals surface area contributed by atoms with E-state index >= 15 is 0 Å². The third-order valence-electron chi connectivity index (χ3n) is 3.23. The molecule has 0 atom stereocenters. The molecule has 122 valence electrons. The number of anilines is 1. The molecule has 0 radical (unpaired) electrons. The Bertz CT molecular complexity index is 780. The van der Waals surface area contributed by atoms with Gasteiger partial charge in [-0.2, -0.15) is 0 Å². The summed E-state index contributed by atoms with van der Waals surface area (Å²) in [5, 5.41) is 0. The van der Waals surface area contributed by atoms with Crippen LogP contribution >= 0.6 is 0 Å². The molecule has 2 rings (SSSR count). The van der Waals surface area contributed by atoms with Crippen molar-refractivity contribution in [2.24, 2.45) is 0 Å². The van der Waals surface area contributed by atoms with Gasteiger partial charge in [-0.25, -0.2) is 12.7 Å². The molecular weight excluding hydrogens is 314 g/mol. The number of sulfonamides is 1. The number of amides is 1. The number of hydrogen-bond donors (Lipinski definition) is 0. The summed E-state index contributed by atoms with van der Waals surface area (Å²) in [6.45, 7) is 5.46. The highest BCUT2D eigenvalue weighted by Gasteiger charge is 2.28. The first-order valence-corrected chi connectivity index (χ1v) is 8.65. The van der Waals surface area contributed by atoms with Crippen LogP contribution in [-0.4, -0.2) is 20.9 Å². The van der Waals surface area contributed by atoms with Crippen LogP contribution in [0.2, 0.25) is 0 Å². The Morgan fingerprint density at radius 2 is 1.61 bits per heavy atom. The fourth-order valence-electron chi connectivity index (χ4n) is 2.15.